The lowest BCUT2D eigenvalue weighted by Gasteiger charge is -2.17. The summed E-state index contributed by atoms with van der Waals surface area (Å²) in [7, 11) is 1.75. The SMILES string of the molecule is Cc1nc(N(C)C(=O)C2CC2)ncc1C(C)C. The van der Waals surface area contributed by atoms with Crippen LogP contribution in [0.5, 0.6) is 0 Å². The summed E-state index contributed by atoms with van der Waals surface area (Å²) in [6, 6.07) is 0. The minimum Gasteiger partial charge on any atom is -0.284 e. The van der Waals surface area contributed by atoms with Gasteiger partial charge in [0.1, 0.15) is 0 Å². The van der Waals surface area contributed by atoms with Crippen LogP contribution >= 0.6 is 0 Å². The van der Waals surface area contributed by atoms with Crippen LogP contribution in [-0.2, 0) is 4.79 Å². The van der Waals surface area contributed by atoms with Crippen molar-refractivity contribution in [3.05, 3.63) is 17.5 Å². The van der Waals surface area contributed by atoms with Crippen LogP contribution in [0.15, 0.2) is 6.20 Å². The molecule has 0 atom stereocenters. The molecule has 0 radical (unpaired) electrons. The molecule has 2 rings (SSSR count). The van der Waals surface area contributed by atoms with Crippen molar-refractivity contribution in [2.45, 2.75) is 39.5 Å². The molecule has 4 nitrogen and oxygen atoms in total. The molecule has 4 heteroatoms. The second-order valence-electron chi connectivity index (χ2n) is 5.04. The van der Waals surface area contributed by atoms with E-state index >= 15 is 0 Å². The van der Waals surface area contributed by atoms with Crippen molar-refractivity contribution in [3.8, 4) is 0 Å². The third-order valence-corrected chi connectivity index (χ3v) is 3.18. The van der Waals surface area contributed by atoms with Crippen LogP contribution in [0.4, 0.5) is 5.95 Å². The van der Waals surface area contributed by atoms with Gasteiger partial charge < -0.3 is 0 Å². The number of aryl methyl sites for hydroxylation is 1. The van der Waals surface area contributed by atoms with Gasteiger partial charge in [-0.2, -0.15) is 0 Å². The van der Waals surface area contributed by atoms with Gasteiger partial charge in [0, 0.05) is 24.9 Å². The molecule has 1 aliphatic carbocycles. The van der Waals surface area contributed by atoms with Crippen LogP contribution in [0, 0.1) is 12.8 Å². The Bertz CT molecular complexity index is 438. The third kappa shape index (κ3) is 2.46. The highest BCUT2D eigenvalue weighted by atomic mass is 16.2. The first-order valence-corrected chi connectivity index (χ1v) is 6.11. The molecule has 1 amide bonds. The van der Waals surface area contributed by atoms with Crippen molar-refractivity contribution in [1.82, 2.24) is 9.97 Å². The van der Waals surface area contributed by atoms with E-state index in [2.05, 4.69) is 23.8 Å². The molecule has 1 fully saturated rings. The van der Waals surface area contributed by atoms with Crippen molar-refractivity contribution in [2.24, 2.45) is 5.92 Å². The summed E-state index contributed by atoms with van der Waals surface area (Å²) in [4.78, 5) is 22.2. The quantitative estimate of drug-likeness (QED) is 0.804. The van der Waals surface area contributed by atoms with E-state index in [1.54, 1.807) is 11.9 Å². The number of hydrogen-bond acceptors (Lipinski definition) is 3. The monoisotopic (exact) mass is 233 g/mol. The van der Waals surface area contributed by atoms with Gasteiger partial charge in [0.15, 0.2) is 0 Å². The molecule has 0 aromatic carbocycles. The fourth-order valence-corrected chi connectivity index (χ4v) is 1.90. The maximum absolute atomic E-state index is 11.9. The van der Waals surface area contributed by atoms with E-state index in [9.17, 15) is 4.79 Å². The molecule has 0 bridgehead atoms. The Balaban J connectivity index is 2.21. The first kappa shape index (κ1) is 12.0. The molecule has 0 N–H and O–H groups in total. The van der Waals surface area contributed by atoms with Crippen LogP contribution in [0.3, 0.4) is 0 Å². The molecule has 92 valence electrons. The van der Waals surface area contributed by atoms with Gasteiger partial charge in [0.05, 0.1) is 0 Å². The van der Waals surface area contributed by atoms with E-state index in [0.717, 1.165) is 24.1 Å². The van der Waals surface area contributed by atoms with Gasteiger partial charge in [-0.25, -0.2) is 9.97 Å². The first-order chi connectivity index (χ1) is 8.00. The van der Waals surface area contributed by atoms with Crippen molar-refractivity contribution < 1.29 is 4.79 Å². The lowest BCUT2D eigenvalue weighted by atomic mass is 10.0. The fourth-order valence-electron chi connectivity index (χ4n) is 1.90. The summed E-state index contributed by atoms with van der Waals surface area (Å²) in [6.45, 7) is 6.20. The number of rotatable bonds is 3. The summed E-state index contributed by atoms with van der Waals surface area (Å²) in [5.41, 5.74) is 2.10. The molecule has 17 heavy (non-hydrogen) atoms. The van der Waals surface area contributed by atoms with Gasteiger partial charge in [-0.3, -0.25) is 9.69 Å². The second-order valence-corrected chi connectivity index (χ2v) is 5.04. The summed E-state index contributed by atoms with van der Waals surface area (Å²) < 4.78 is 0. The molecule has 0 spiro atoms. The number of amides is 1. The molecule has 1 aliphatic rings. The lowest BCUT2D eigenvalue weighted by molar-refractivity contribution is -0.119. The third-order valence-electron chi connectivity index (χ3n) is 3.18. The van der Waals surface area contributed by atoms with Gasteiger partial charge in [0.25, 0.3) is 0 Å². The minimum absolute atomic E-state index is 0.140. The van der Waals surface area contributed by atoms with Crippen LogP contribution in [0.25, 0.3) is 0 Å². The Kier molecular flexibility index (Phi) is 3.13. The Hall–Kier alpha value is -1.45. The Morgan fingerprint density at radius 1 is 1.47 bits per heavy atom. The van der Waals surface area contributed by atoms with Crippen LogP contribution in [0.2, 0.25) is 0 Å². The van der Waals surface area contributed by atoms with E-state index in [4.69, 9.17) is 0 Å². The Morgan fingerprint density at radius 3 is 2.59 bits per heavy atom. The summed E-state index contributed by atoms with van der Waals surface area (Å²) >= 11 is 0. The molecule has 0 aliphatic heterocycles. The van der Waals surface area contributed by atoms with E-state index in [0.29, 0.717) is 11.9 Å². The maximum atomic E-state index is 11.9. The van der Waals surface area contributed by atoms with E-state index < -0.39 is 0 Å². The number of carbonyl (C=O) groups is 1. The van der Waals surface area contributed by atoms with Crippen molar-refractivity contribution in [3.63, 3.8) is 0 Å². The molecular weight excluding hydrogens is 214 g/mol. The van der Waals surface area contributed by atoms with E-state index in [1.807, 2.05) is 13.1 Å². The number of carbonyl (C=O) groups excluding carboxylic acids is 1. The summed E-state index contributed by atoms with van der Waals surface area (Å²) in [5, 5.41) is 0. The zero-order valence-electron chi connectivity index (χ0n) is 10.9. The highest BCUT2D eigenvalue weighted by Gasteiger charge is 2.33. The number of anilines is 1. The number of aromatic nitrogens is 2. The molecule has 1 aromatic heterocycles. The zero-order chi connectivity index (χ0) is 12.6. The first-order valence-electron chi connectivity index (χ1n) is 6.11. The molecule has 1 saturated carbocycles. The van der Waals surface area contributed by atoms with Gasteiger partial charge >= 0.3 is 0 Å². The van der Waals surface area contributed by atoms with Crippen LogP contribution < -0.4 is 4.90 Å². The highest BCUT2D eigenvalue weighted by molar-refractivity contribution is 5.94. The second kappa shape index (κ2) is 4.43. The standard InChI is InChI=1S/C13H19N3O/c1-8(2)11-7-14-13(15-9(11)3)16(4)12(17)10-5-6-10/h7-8,10H,5-6H2,1-4H3. The predicted octanol–water partition coefficient (Wildman–Crippen LogP) is 2.28. The van der Waals surface area contributed by atoms with Crippen molar-refractivity contribution >= 4 is 11.9 Å². The number of nitrogens with zero attached hydrogens (tertiary/aromatic N) is 3. The van der Waals surface area contributed by atoms with Crippen LogP contribution in [0.1, 0.15) is 43.9 Å². The molecular formula is C13H19N3O. The molecule has 1 aromatic rings. The summed E-state index contributed by atoms with van der Waals surface area (Å²) in [5.74, 6) is 1.27. The van der Waals surface area contributed by atoms with Gasteiger partial charge in [0.2, 0.25) is 11.9 Å². The predicted molar refractivity (Wildman–Crippen MR) is 67.0 cm³/mol. The largest absolute Gasteiger partial charge is 0.284 e. The van der Waals surface area contributed by atoms with Crippen molar-refractivity contribution in [1.29, 1.82) is 0 Å². The van der Waals surface area contributed by atoms with Crippen LogP contribution in [-0.4, -0.2) is 22.9 Å². The minimum atomic E-state index is 0.140. The highest BCUT2D eigenvalue weighted by Crippen LogP contribution is 2.31. The number of hydrogen-bond donors (Lipinski definition) is 0. The molecule has 0 unspecified atom stereocenters. The average Bonchev–Trinajstić information content (AvgIpc) is 3.10. The fraction of sp³-hybridized carbons (Fsp3) is 0.615. The maximum Gasteiger partial charge on any atom is 0.232 e. The molecule has 0 saturated heterocycles. The smallest absolute Gasteiger partial charge is 0.232 e. The topological polar surface area (TPSA) is 46.1 Å². The lowest BCUT2D eigenvalue weighted by Crippen LogP contribution is -2.29. The Labute approximate surface area is 102 Å². The average molecular weight is 233 g/mol. The van der Waals surface area contributed by atoms with Gasteiger partial charge in [-0.15, -0.1) is 0 Å². The zero-order valence-corrected chi connectivity index (χ0v) is 10.9. The van der Waals surface area contributed by atoms with E-state index in [-0.39, 0.29) is 11.8 Å². The van der Waals surface area contributed by atoms with Gasteiger partial charge in [-0.05, 0) is 31.2 Å². The Morgan fingerprint density at radius 2 is 2.12 bits per heavy atom. The van der Waals surface area contributed by atoms with Crippen molar-refractivity contribution in [2.75, 3.05) is 11.9 Å². The van der Waals surface area contributed by atoms with E-state index in [1.165, 1.54) is 0 Å². The normalized spacial score (nSPS) is 15.1. The summed E-state index contributed by atoms with van der Waals surface area (Å²) in [6.07, 6.45) is 3.84. The van der Waals surface area contributed by atoms with Gasteiger partial charge in [-0.1, -0.05) is 13.8 Å². The molecule has 1 heterocycles.